The van der Waals surface area contributed by atoms with Crippen LogP contribution in [0, 0.1) is 5.82 Å². The summed E-state index contributed by atoms with van der Waals surface area (Å²) in [6.45, 7) is 2.98. The van der Waals surface area contributed by atoms with E-state index in [1.165, 1.54) is 23.5 Å². The Bertz CT molecular complexity index is 728. The highest BCUT2D eigenvalue weighted by molar-refractivity contribution is 7.20. The topological polar surface area (TPSA) is 49.4 Å². The van der Waals surface area contributed by atoms with E-state index >= 15 is 0 Å². The molecule has 1 atom stereocenters. The van der Waals surface area contributed by atoms with Crippen molar-refractivity contribution in [1.29, 1.82) is 0 Å². The average molecular weight is 320 g/mol. The number of amides is 2. The van der Waals surface area contributed by atoms with Gasteiger partial charge in [-0.05, 0) is 36.1 Å². The Balaban J connectivity index is 1.91. The minimum atomic E-state index is -0.409. The van der Waals surface area contributed by atoms with E-state index in [0.29, 0.717) is 24.4 Å². The lowest BCUT2D eigenvalue weighted by Gasteiger charge is -2.34. The molecule has 2 heterocycles. The second kappa shape index (κ2) is 6.04. The number of nitrogens with one attached hydrogen (secondary N) is 1. The summed E-state index contributed by atoms with van der Waals surface area (Å²) in [5.74, 6) is -0.547. The Labute approximate surface area is 131 Å². The van der Waals surface area contributed by atoms with Gasteiger partial charge in [-0.15, -0.1) is 11.3 Å². The van der Waals surface area contributed by atoms with Crippen LogP contribution in [0.3, 0.4) is 0 Å². The fourth-order valence-electron chi connectivity index (χ4n) is 2.78. The number of fused-ring (bicyclic) bond motifs is 1. The number of nitrogens with zero attached hydrogens (tertiary/aromatic N) is 1. The predicted octanol–water partition coefficient (Wildman–Crippen LogP) is 2.78. The molecule has 3 rings (SSSR count). The monoisotopic (exact) mass is 320 g/mol. The van der Waals surface area contributed by atoms with Crippen molar-refractivity contribution < 1.29 is 14.0 Å². The van der Waals surface area contributed by atoms with Crippen LogP contribution < -0.4 is 5.32 Å². The molecule has 0 radical (unpaired) electrons. The van der Waals surface area contributed by atoms with Crippen molar-refractivity contribution in [2.24, 2.45) is 0 Å². The summed E-state index contributed by atoms with van der Waals surface area (Å²) >= 11 is 1.34. The highest BCUT2D eigenvalue weighted by atomic mass is 32.1. The van der Waals surface area contributed by atoms with E-state index in [9.17, 15) is 14.0 Å². The maximum absolute atomic E-state index is 13.3. The molecule has 6 heteroatoms. The van der Waals surface area contributed by atoms with Crippen molar-refractivity contribution >= 4 is 33.2 Å². The molecular formula is C16H17FN2O2S. The number of carbonyl (C=O) groups excluding carboxylic acids is 2. The minimum Gasteiger partial charge on any atom is -0.353 e. The van der Waals surface area contributed by atoms with Crippen molar-refractivity contribution in [2.45, 2.75) is 25.8 Å². The highest BCUT2D eigenvalue weighted by Gasteiger charge is 2.33. The van der Waals surface area contributed by atoms with Crippen LogP contribution in [0.15, 0.2) is 24.3 Å². The van der Waals surface area contributed by atoms with Crippen molar-refractivity contribution in [3.8, 4) is 0 Å². The molecule has 0 saturated carbocycles. The van der Waals surface area contributed by atoms with Crippen LogP contribution >= 0.6 is 11.3 Å². The quantitative estimate of drug-likeness (QED) is 0.945. The van der Waals surface area contributed by atoms with Crippen LogP contribution in [0.2, 0.25) is 0 Å². The van der Waals surface area contributed by atoms with Gasteiger partial charge in [-0.25, -0.2) is 4.39 Å². The van der Waals surface area contributed by atoms with Crippen LogP contribution in [-0.2, 0) is 4.79 Å². The maximum atomic E-state index is 13.3. The number of benzene rings is 1. The first kappa shape index (κ1) is 15.0. The summed E-state index contributed by atoms with van der Waals surface area (Å²) in [6.07, 6.45) is 1.48. The Morgan fingerprint density at radius 1 is 1.45 bits per heavy atom. The van der Waals surface area contributed by atoms with Crippen LogP contribution in [0.5, 0.6) is 0 Å². The number of hydrogen-bond acceptors (Lipinski definition) is 3. The fraction of sp³-hybridized carbons (Fsp3) is 0.375. The second-order valence-corrected chi connectivity index (χ2v) is 6.47. The summed E-state index contributed by atoms with van der Waals surface area (Å²) in [6, 6.07) is 5.80. The zero-order valence-electron chi connectivity index (χ0n) is 12.3. The van der Waals surface area contributed by atoms with Gasteiger partial charge in [0.1, 0.15) is 11.9 Å². The van der Waals surface area contributed by atoms with Crippen molar-refractivity contribution in [2.75, 3.05) is 13.1 Å². The molecule has 1 saturated heterocycles. The van der Waals surface area contributed by atoms with Crippen LogP contribution in [0.4, 0.5) is 4.39 Å². The summed E-state index contributed by atoms with van der Waals surface area (Å²) in [4.78, 5) is 26.9. The van der Waals surface area contributed by atoms with Gasteiger partial charge in [-0.1, -0.05) is 13.3 Å². The predicted molar refractivity (Wildman–Crippen MR) is 84.5 cm³/mol. The van der Waals surface area contributed by atoms with Crippen molar-refractivity contribution in [3.63, 3.8) is 0 Å². The van der Waals surface area contributed by atoms with Gasteiger partial charge < -0.3 is 10.2 Å². The third-order valence-corrected chi connectivity index (χ3v) is 4.95. The lowest BCUT2D eigenvalue weighted by molar-refractivity contribution is -0.128. The van der Waals surface area contributed by atoms with Gasteiger partial charge in [0.15, 0.2) is 0 Å². The van der Waals surface area contributed by atoms with Gasteiger partial charge in [0.25, 0.3) is 5.91 Å². The normalized spacial score (nSPS) is 18.5. The molecule has 1 fully saturated rings. The number of halogens is 1. The minimum absolute atomic E-state index is 0.0893. The van der Waals surface area contributed by atoms with Crippen LogP contribution in [0.25, 0.3) is 10.1 Å². The van der Waals surface area contributed by atoms with Gasteiger partial charge >= 0.3 is 0 Å². The number of hydrogen-bond donors (Lipinski definition) is 1. The average Bonchev–Trinajstić information content (AvgIpc) is 2.91. The Morgan fingerprint density at radius 3 is 3.05 bits per heavy atom. The summed E-state index contributed by atoms with van der Waals surface area (Å²) in [5.41, 5.74) is 0. The molecule has 4 nitrogen and oxygen atoms in total. The third-order valence-electron chi connectivity index (χ3n) is 3.84. The molecule has 1 N–H and O–H groups in total. The molecular weight excluding hydrogens is 303 g/mol. The molecule has 1 aliphatic rings. The molecule has 1 aromatic carbocycles. The van der Waals surface area contributed by atoms with E-state index in [-0.39, 0.29) is 17.6 Å². The van der Waals surface area contributed by atoms with E-state index < -0.39 is 6.04 Å². The molecule has 1 aromatic heterocycles. The van der Waals surface area contributed by atoms with Gasteiger partial charge in [-0.2, -0.15) is 0 Å². The number of carbonyl (C=O) groups is 2. The second-order valence-electron chi connectivity index (χ2n) is 5.39. The summed E-state index contributed by atoms with van der Waals surface area (Å²) in [5, 5.41) is 3.53. The number of thiophene rings is 1. The van der Waals surface area contributed by atoms with E-state index in [2.05, 4.69) is 5.32 Å². The number of rotatable bonds is 3. The summed E-state index contributed by atoms with van der Waals surface area (Å²) in [7, 11) is 0. The van der Waals surface area contributed by atoms with Gasteiger partial charge in [0, 0.05) is 17.8 Å². The zero-order valence-corrected chi connectivity index (χ0v) is 13.1. The molecule has 1 aliphatic heterocycles. The molecule has 0 spiro atoms. The fourth-order valence-corrected chi connectivity index (χ4v) is 3.78. The molecule has 2 amide bonds. The van der Waals surface area contributed by atoms with E-state index in [4.69, 9.17) is 0 Å². The molecule has 1 unspecified atom stereocenters. The smallest absolute Gasteiger partial charge is 0.264 e. The third kappa shape index (κ3) is 2.70. The number of piperazine rings is 1. The van der Waals surface area contributed by atoms with E-state index in [1.54, 1.807) is 17.0 Å². The molecule has 116 valence electrons. The Kier molecular flexibility index (Phi) is 4.11. The molecule has 0 bridgehead atoms. The first-order chi connectivity index (χ1) is 10.6. The van der Waals surface area contributed by atoms with E-state index in [1.807, 2.05) is 6.92 Å². The lowest BCUT2D eigenvalue weighted by Crippen LogP contribution is -2.57. The molecule has 0 aliphatic carbocycles. The van der Waals surface area contributed by atoms with Crippen LogP contribution in [-0.4, -0.2) is 35.8 Å². The lowest BCUT2D eigenvalue weighted by atomic mass is 10.1. The molecule has 22 heavy (non-hydrogen) atoms. The van der Waals surface area contributed by atoms with Gasteiger partial charge in [0.05, 0.1) is 4.88 Å². The van der Waals surface area contributed by atoms with Crippen molar-refractivity contribution in [1.82, 2.24) is 10.2 Å². The van der Waals surface area contributed by atoms with Gasteiger partial charge in [0.2, 0.25) is 5.91 Å². The highest BCUT2D eigenvalue weighted by Crippen LogP contribution is 2.28. The SMILES string of the molecule is CCCC1C(=O)NCCN1C(=O)c1cc2cc(F)ccc2s1. The maximum Gasteiger partial charge on any atom is 0.264 e. The first-order valence-corrected chi connectivity index (χ1v) is 8.19. The molecule has 2 aromatic rings. The van der Waals surface area contributed by atoms with Crippen LogP contribution in [0.1, 0.15) is 29.4 Å². The van der Waals surface area contributed by atoms with Crippen molar-refractivity contribution in [3.05, 3.63) is 35.0 Å². The standard InChI is InChI=1S/C16H17FN2O2S/c1-2-3-12-15(20)18-6-7-19(12)16(21)14-9-10-8-11(17)4-5-13(10)22-14/h4-5,8-9,12H,2-3,6-7H2,1H3,(H,18,20). The largest absolute Gasteiger partial charge is 0.353 e. The van der Waals surface area contributed by atoms with Gasteiger partial charge in [-0.3, -0.25) is 9.59 Å². The summed E-state index contributed by atoms with van der Waals surface area (Å²) < 4.78 is 14.1. The zero-order chi connectivity index (χ0) is 15.7. The van der Waals surface area contributed by atoms with E-state index in [0.717, 1.165) is 16.5 Å². The Hall–Kier alpha value is -1.95. The Morgan fingerprint density at radius 2 is 2.27 bits per heavy atom. The first-order valence-electron chi connectivity index (χ1n) is 7.38.